The largest absolute Gasteiger partial charge is 0.468 e. The van der Waals surface area contributed by atoms with Gasteiger partial charge in [-0.15, -0.1) is 0 Å². The molecule has 1 amide bonds. The number of carbonyl (C=O) groups is 2. The lowest BCUT2D eigenvalue weighted by atomic mass is 9.79. The van der Waals surface area contributed by atoms with Crippen LogP contribution in [-0.2, 0) is 14.3 Å². The number of rotatable bonds is 1. The fourth-order valence-corrected chi connectivity index (χ4v) is 3.47. The Morgan fingerprint density at radius 2 is 1.95 bits per heavy atom. The van der Waals surface area contributed by atoms with Crippen molar-refractivity contribution in [1.29, 1.82) is 0 Å². The average Bonchev–Trinajstić information content (AvgIpc) is 2.78. The minimum atomic E-state index is -0.718. The monoisotopic (exact) mass is 298 g/mol. The van der Waals surface area contributed by atoms with Crippen molar-refractivity contribution in [3.8, 4) is 0 Å². The summed E-state index contributed by atoms with van der Waals surface area (Å²) < 4.78 is 10.5. The van der Waals surface area contributed by atoms with Crippen molar-refractivity contribution in [1.82, 2.24) is 9.80 Å². The van der Waals surface area contributed by atoms with Crippen molar-refractivity contribution >= 4 is 12.1 Å². The lowest BCUT2D eigenvalue weighted by molar-refractivity contribution is -0.158. The van der Waals surface area contributed by atoms with Crippen LogP contribution in [0.1, 0.15) is 33.6 Å². The number of carbonyl (C=O) groups excluding carboxylic acids is 2. The lowest BCUT2D eigenvalue weighted by Gasteiger charge is -2.43. The number of fused-ring (bicyclic) bond motifs is 1. The number of hydrogen-bond donors (Lipinski definition) is 0. The second-order valence-electron chi connectivity index (χ2n) is 7.04. The first-order chi connectivity index (χ1) is 9.70. The topological polar surface area (TPSA) is 59.1 Å². The maximum absolute atomic E-state index is 12.4. The molecule has 2 aliphatic rings. The third-order valence-corrected chi connectivity index (χ3v) is 4.47. The van der Waals surface area contributed by atoms with E-state index >= 15 is 0 Å². The number of ether oxygens (including phenoxy) is 2. The van der Waals surface area contributed by atoms with Gasteiger partial charge in [0.15, 0.2) is 0 Å². The molecule has 120 valence electrons. The smallest absolute Gasteiger partial charge is 0.410 e. The van der Waals surface area contributed by atoms with Gasteiger partial charge in [-0.25, -0.2) is 9.59 Å². The molecule has 0 aromatic carbocycles. The summed E-state index contributed by atoms with van der Waals surface area (Å²) in [6, 6.07) is 0. The van der Waals surface area contributed by atoms with Crippen molar-refractivity contribution < 1.29 is 19.1 Å². The molecule has 2 atom stereocenters. The van der Waals surface area contributed by atoms with E-state index in [1.807, 2.05) is 32.7 Å². The van der Waals surface area contributed by atoms with Crippen LogP contribution in [0.15, 0.2) is 0 Å². The number of likely N-dealkylation sites (N-methyl/N-ethyl adjacent to an activating group) is 1. The molecule has 0 aromatic heterocycles. The standard InChI is InChI=1S/C15H26N2O4/c1-14(2,3)21-13(19)17-9-11-7-6-8-16(4)15(11,10-17)12(18)20-5/h11H,6-10H2,1-5H3/t11-,15-/m0/s1. The maximum Gasteiger partial charge on any atom is 0.410 e. The molecule has 2 heterocycles. The normalized spacial score (nSPS) is 30.0. The van der Waals surface area contributed by atoms with Crippen molar-refractivity contribution in [2.24, 2.45) is 5.92 Å². The fourth-order valence-electron chi connectivity index (χ4n) is 3.47. The van der Waals surface area contributed by atoms with E-state index in [9.17, 15) is 9.59 Å². The Hall–Kier alpha value is -1.30. The van der Waals surface area contributed by atoms with Crippen molar-refractivity contribution in [3.63, 3.8) is 0 Å². The van der Waals surface area contributed by atoms with E-state index in [4.69, 9.17) is 9.47 Å². The summed E-state index contributed by atoms with van der Waals surface area (Å²) in [5, 5.41) is 0. The summed E-state index contributed by atoms with van der Waals surface area (Å²) in [5.41, 5.74) is -1.25. The number of likely N-dealkylation sites (tertiary alicyclic amines) is 2. The van der Waals surface area contributed by atoms with E-state index in [1.165, 1.54) is 7.11 Å². The number of esters is 1. The zero-order valence-corrected chi connectivity index (χ0v) is 13.6. The van der Waals surface area contributed by atoms with Gasteiger partial charge in [-0.2, -0.15) is 0 Å². The van der Waals surface area contributed by atoms with Crippen LogP contribution in [0.5, 0.6) is 0 Å². The van der Waals surface area contributed by atoms with E-state index in [-0.39, 0.29) is 18.0 Å². The highest BCUT2D eigenvalue weighted by atomic mass is 16.6. The number of amides is 1. The summed E-state index contributed by atoms with van der Waals surface area (Å²) in [7, 11) is 3.34. The molecular weight excluding hydrogens is 272 g/mol. The minimum absolute atomic E-state index is 0.108. The second kappa shape index (κ2) is 5.48. The highest BCUT2D eigenvalue weighted by Gasteiger charge is 2.58. The molecule has 0 spiro atoms. The quantitative estimate of drug-likeness (QED) is 0.687. The molecule has 0 aromatic rings. The average molecular weight is 298 g/mol. The van der Waals surface area contributed by atoms with Gasteiger partial charge >= 0.3 is 12.1 Å². The summed E-state index contributed by atoms with van der Waals surface area (Å²) >= 11 is 0. The zero-order valence-electron chi connectivity index (χ0n) is 13.6. The van der Waals surface area contributed by atoms with Crippen LogP contribution in [0.2, 0.25) is 0 Å². The van der Waals surface area contributed by atoms with Crippen LogP contribution >= 0.6 is 0 Å². The first-order valence-electron chi connectivity index (χ1n) is 7.48. The van der Waals surface area contributed by atoms with Crippen molar-refractivity contribution in [2.45, 2.75) is 44.8 Å². The molecule has 2 aliphatic heterocycles. The molecule has 0 bridgehead atoms. The third-order valence-electron chi connectivity index (χ3n) is 4.47. The predicted molar refractivity (Wildman–Crippen MR) is 77.9 cm³/mol. The van der Waals surface area contributed by atoms with E-state index < -0.39 is 11.1 Å². The fraction of sp³-hybridized carbons (Fsp3) is 0.867. The summed E-state index contributed by atoms with van der Waals surface area (Å²) in [6.07, 6.45) is 1.61. The van der Waals surface area contributed by atoms with Gasteiger partial charge in [-0.1, -0.05) is 0 Å². The molecule has 0 aliphatic carbocycles. The Bertz CT molecular complexity index is 432. The number of methoxy groups -OCH3 is 1. The van der Waals surface area contributed by atoms with E-state index in [0.29, 0.717) is 13.1 Å². The first kappa shape index (κ1) is 16.1. The molecule has 6 heteroatoms. The van der Waals surface area contributed by atoms with Crippen molar-refractivity contribution in [3.05, 3.63) is 0 Å². The van der Waals surface area contributed by atoms with Gasteiger partial charge in [0, 0.05) is 12.5 Å². The molecule has 2 fully saturated rings. The van der Waals surface area contributed by atoms with Crippen LogP contribution in [0, 0.1) is 5.92 Å². The van der Waals surface area contributed by atoms with E-state index in [2.05, 4.69) is 0 Å². The molecule has 6 nitrogen and oxygen atoms in total. The molecule has 0 unspecified atom stereocenters. The van der Waals surface area contributed by atoms with Gasteiger partial charge in [0.05, 0.1) is 13.7 Å². The Kier molecular flexibility index (Phi) is 4.19. The molecular formula is C15H26N2O4. The van der Waals surface area contributed by atoms with Gasteiger partial charge in [0.25, 0.3) is 0 Å². The number of piperidine rings is 1. The van der Waals surface area contributed by atoms with Gasteiger partial charge in [0.1, 0.15) is 11.1 Å². The van der Waals surface area contributed by atoms with E-state index in [0.717, 1.165) is 19.4 Å². The van der Waals surface area contributed by atoms with E-state index in [1.54, 1.807) is 4.90 Å². The number of hydrogen-bond acceptors (Lipinski definition) is 5. The molecule has 0 saturated carbocycles. The lowest BCUT2D eigenvalue weighted by Crippen LogP contribution is -2.61. The molecule has 21 heavy (non-hydrogen) atoms. The summed E-state index contributed by atoms with van der Waals surface area (Å²) in [4.78, 5) is 28.4. The zero-order chi connectivity index (χ0) is 15.8. The molecule has 2 saturated heterocycles. The predicted octanol–water partition coefficient (Wildman–Crippen LogP) is 1.49. The minimum Gasteiger partial charge on any atom is -0.468 e. The number of nitrogens with zero attached hydrogens (tertiary/aromatic N) is 2. The van der Waals surface area contributed by atoms with Crippen LogP contribution in [0.3, 0.4) is 0 Å². The Morgan fingerprint density at radius 1 is 1.29 bits per heavy atom. The van der Waals surface area contributed by atoms with Crippen LogP contribution in [0.4, 0.5) is 4.79 Å². The summed E-state index contributed by atoms with van der Waals surface area (Å²) in [6.45, 7) is 7.26. The van der Waals surface area contributed by atoms with Gasteiger partial charge in [-0.05, 0) is 47.2 Å². The highest BCUT2D eigenvalue weighted by Crippen LogP contribution is 2.40. The second-order valence-corrected chi connectivity index (χ2v) is 7.04. The Morgan fingerprint density at radius 3 is 2.52 bits per heavy atom. The molecule has 0 radical (unpaired) electrons. The van der Waals surface area contributed by atoms with Crippen molar-refractivity contribution in [2.75, 3.05) is 33.8 Å². The van der Waals surface area contributed by atoms with Crippen LogP contribution in [0.25, 0.3) is 0 Å². The van der Waals surface area contributed by atoms with Gasteiger partial charge < -0.3 is 14.4 Å². The van der Waals surface area contributed by atoms with Gasteiger partial charge in [0.2, 0.25) is 0 Å². The summed E-state index contributed by atoms with van der Waals surface area (Å²) in [5.74, 6) is -0.142. The van der Waals surface area contributed by atoms with Crippen LogP contribution in [-0.4, -0.2) is 66.8 Å². The molecule has 0 N–H and O–H groups in total. The maximum atomic E-state index is 12.4. The Balaban J connectivity index is 2.21. The highest BCUT2D eigenvalue weighted by molar-refractivity contribution is 5.84. The van der Waals surface area contributed by atoms with Gasteiger partial charge in [-0.3, -0.25) is 4.90 Å². The Labute approximate surface area is 126 Å². The molecule has 2 rings (SSSR count). The van der Waals surface area contributed by atoms with Crippen LogP contribution < -0.4 is 0 Å². The third kappa shape index (κ3) is 2.86. The SMILES string of the molecule is COC(=O)[C@]12CN(C(=O)OC(C)(C)C)C[C@@H]1CCCN2C. The first-order valence-corrected chi connectivity index (χ1v) is 7.48.